The molecule has 0 spiro atoms. The van der Waals surface area contributed by atoms with E-state index in [2.05, 4.69) is 9.88 Å². The van der Waals surface area contributed by atoms with Crippen molar-refractivity contribution in [3.05, 3.63) is 59.9 Å². The maximum Gasteiger partial charge on any atom is 0.416 e. The number of likely N-dealkylation sites (tertiary alicyclic amines) is 2. The van der Waals surface area contributed by atoms with Crippen molar-refractivity contribution in [1.82, 2.24) is 19.2 Å². The Hall–Kier alpha value is -3.07. The number of imidazole rings is 1. The molecule has 0 N–H and O–H groups in total. The largest absolute Gasteiger partial charge is 0.444 e. The molecule has 35 heavy (non-hydrogen) atoms. The number of nitrogens with zero attached hydrogens (tertiary/aromatic N) is 4. The Bertz CT molecular complexity index is 1230. The number of hydrogen-bond acceptors (Lipinski definition) is 4. The second-order valence-corrected chi connectivity index (χ2v) is 10.5. The van der Waals surface area contributed by atoms with Crippen LogP contribution in [0.25, 0.3) is 16.9 Å². The molecule has 1 aromatic carbocycles. The van der Waals surface area contributed by atoms with Crippen molar-refractivity contribution in [3.63, 3.8) is 0 Å². The van der Waals surface area contributed by atoms with E-state index in [0.717, 1.165) is 0 Å². The maximum absolute atomic E-state index is 14.1. The zero-order valence-corrected chi connectivity index (χ0v) is 20.0. The molecule has 2 unspecified atom stereocenters. The van der Waals surface area contributed by atoms with Gasteiger partial charge in [0.05, 0.1) is 17.5 Å². The topological polar surface area (TPSA) is 50.1 Å². The summed E-state index contributed by atoms with van der Waals surface area (Å²) in [6, 6.07) is 10.0. The summed E-state index contributed by atoms with van der Waals surface area (Å²) in [6.45, 7) is 8.21. The molecule has 1 amide bonds. The van der Waals surface area contributed by atoms with Crippen LogP contribution in [-0.4, -0.2) is 57.1 Å². The SMILES string of the molecule is CC(C)(C)OC(=O)N1CC2CN(Cc3ccc(-c4cnc5ccccn45)cc3C(F)(F)F)CC2C1. The van der Waals surface area contributed by atoms with Crippen LogP contribution in [0.1, 0.15) is 31.9 Å². The number of carbonyl (C=O) groups is 1. The van der Waals surface area contributed by atoms with Gasteiger partial charge in [0.25, 0.3) is 0 Å². The highest BCUT2D eigenvalue weighted by Gasteiger charge is 2.43. The van der Waals surface area contributed by atoms with Crippen LogP contribution in [0, 0.1) is 11.8 Å². The summed E-state index contributed by atoms with van der Waals surface area (Å²) in [5.41, 5.74) is 0.877. The first kappa shape index (κ1) is 23.7. The van der Waals surface area contributed by atoms with Crippen LogP contribution in [0.15, 0.2) is 48.8 Å². The lowest BCUT2D eigenvalue weighted by atomic mass is 10.0. The Kier molecular flexibility index (Phi) is 5.78. The Morgan fingerprint density at radius 3 is 2.43 bits per heavy atom. The summed E-state index contributed by atoms with van der Waals surface area (Å²) in [5.74, 6) is 0.489. The van der Waals surface area contributed by atoms with Gasteiger partial charge >= 0.3 is 12.3 Å². The van der Waals surface area contributed by atoms with Gasteiger partial charge in [0.1, 0.15) is 11.2 Å². The molecule has 2 fully saturated rings. The number of amides is 1. The van der Waals surface area contributed by atoms with Crippen LogP contribution in [-0.2, 0) is 17.5 Å². The fourth-order valence-corrected chi connectivity index (χ4v) is 5.22. The highest BCUT2D eigenvalue weighted by molar-refractivity contribution is 5.68. The predicted octanol–water partition coefficient (Wildman–Crippen LogP) is 5.32. The van der Waals surface area contributed by atoms with Gasteiger partial charge in [-0.2, -0.15) is 13.2 Å². The number of fused-ring (bicyclic) bond motifs is 2. The smallest absolute Gasteiger partial charge is 0.416 e. The van der Waals surface area contributed by atoms with Crippen molar-refractivity contribution >= 4 is 11.7 Å². The highest BCUT2D eigenvalue weighted by atomic mass is 19.4. The van der Waals surface area contributed by atoms with Gasteiger partial charge in [-0.15, -0.1) is 0 Å². The molecular formula is C26H29F3N4O2. The second-order valence-electron chi connectivity index (χ2n) is 10.5. The predicted molar refractivity (Wildman–Crippen MR) is 126 cm³/mol. The van der Waals surface area contributed by atoms with Gasteiger partial charge in [-0.05, 0) is 56.4 Å². The summed E-state index contributed by atoms with van der Waals surface area (Å²) in [4.78, 5) is 20.5. The molecule has 0 aliphatic carbocycles. The fraction of sp³-hybridized carbons (Fsp3) is 0.462. The quantitative estimate of drug-likeness (QED) is 0.503. The number of alkyl halides is 3. The van der Waals surface area contributed by atoms with Gasteiger partial charge in [-0.25, -0.2) is 9.78 Å². The van der Waals surface area contributed by atoms with Crippen LogP contribution in [0.4, 0.5) is 18.0 Å². The zero-order chi connectivity index (χ0) is 25.0. The Labute approximate surface area is 202 Å². The maximum atomic E-state index is 14.1. The van der Waals surface area contributed by atoms with E-state index in [4.69, 9.17) is 4.74 Å². The minimum Gasteiger partial charge on any atom is -0.444 e. The number of carbonyl (C=O) groups excluding carboxylic acids is 1. The monoisotopic (exact) mass is 486 g/mol. The Balaban J connectivity index is 1.31. The molecule has 0 saturated carbocycles. The van der Waals surface area contributed by atoms with E-state index in [1.54, 1.807) is 33.8 Å². The first-order chi connectivity index (χ1) is 16.5. The normalized spacial score (nSPS) is 21.0. The second kappa shape index (κ2) is 8.55. The van der Waals surface area contributed by atoms with Crippen molar-refractivity contribution in [2.24, 2.45) is 11.8 Å². The molecule has 186 valence electrons. The van der Waals surface area contributed by atoms with E-state index < -0.39 is 17.3 Å². The number of aromatic nitrogens is 2. The van der Waals surface area contributed by atoms with E-state index in [0.29, 0.717) is 43.1 Å². The molecule has 0 radical (unpaired) electrons. The van der Waals surface area contributed by atoms with Crippen molar-refractivity contribution in [2.45, 2.75) is 39.1 Å². The molecule has 6 nitrogen and oxygen atoms in total. The molecule has 4 heterocycles. The fourth-order valence-electron chi connectivity index (χ4n) is 5.22. The minimum atomic E-state index is -4.46. The molecule has 2 saturated heterocycles. The average molecular weight is 487 g/mol. The number of benzene rings is 1. The van der Waals surface area contributed by atoms with E-state index in [-0.39, 0.29) is 30.0 Å². The molecule has 2 aromatic heterocycles. The highest BCUT2D eigenvalue weighted by Crippen LogP contribution is 2.38. The number of rotatable bonds is 3. The van der Waals surface area contributed by atoms with Crippen LogP contribution < -0.4 is 0 Å². The van der Waals surface area contributed by atoms with Crippen molar-refractivity contribution in [3.8, 4) is 11.3 Å². The van der Waals surface area contributed by atoms with Gasteiger partial charge in [0.15, 0.2) is 0 Å². The number of halogens is 3. The van der Waals surface area contributed by atoms with E-state index in [1.165, 1.54) is 6.07 Å². The minimum absolute atomic E-state index is 0.224. The van der Waals surface area contributed by atoms with Crippen LogP contribution in [0.5, 0.6) is 0 Å². The van der Waals surface area contributed by atoms with E-state index in [1.807, 2.05) is 39.0 Å². The zero-order valence-electron chi connectivity index (χ0n) is 20.0. The standard InChI is InChI=1S/C26H29F3N4O2/c1-25(2,3)35-24(34)32-15-19-13-31(14-20(19)16-32)12-18-8-7-17(10-21(18)26(27,28)29)22-11-30-23-6-4-5-9-33(22)23/h4-11,19-20H,12-16H2,1-3H3. The van der Waals surface area contributed by atoms with Gasteiger partial charge in [-0.1, -0.05) is 18.2 Å². The molecule has 9 heteroatoms. The summed E-state index contributed by atoms with van der Waals surface area (Å²) >= 11 is 0. The summed E-state index contributed by atoms with van der Waals surface area (Å²) in [6.07, 6.45) is -1.39. The molecule has 2 aliphatic heterocycles. The Morgan fingerprint density at radius 2 is 1.77 bits per heavy atom. The first-order valence-electron chi connectivity index (χ1n) is 11.8. The molecule has 5 rings (SSSR count). The van der Waals surface area contributed by atoms with Crippen molar-refractivity contribution in [2.75, 3.05) is 26.2 Å². The first-order valence-corrected chi connectivity index (χ1v) is 11.8. The number of ether oxygens (including phenoxy) is 1. The summed E-state index contributed by atoms with van der Waals surface area (Å²) in [5, 5.41) is 0. The Morgan fingerprint density at radius 1 is 1.06 bits per heavy atom. The van der Waals surface area contributed by atoms with Gasteiger partial charge in [-0.3, -0.25) is 9.30 Å². The molecule has 2 aliphatic rings. The number of pyridine rings is 1. The van der Waals surface area contributed by atoms with Gasteiger partial charge in [0.2, 0.25) is 0 Å². The third kappa shape index (κ3) is 4.87. The molecule has 2 atom stereocenters. The average Bonchev–Trinajstić information content (AvgIpc) is 3.45. The van der Waals surface area contributed by atoms with Crippen molar-refractivity contribution < 1.29 is 22.7 Å². The third-order valence-electron chi connectivity index (χ3n) is 6.74. The van der Waals surface area contributed by atoms with Crippen molar-refractivity contribution in [1.29, 1.82) is 0 Å². The number of hydrogen-bond donors (Lipinski definition) is 0. The summed E-state index contributed by atoms with van der Waals surface area (Å²) in [7, 11) is 0. The van der Waals surface area contributed by atoms with Gasteiger partial charge in [0, 0.05) is 44.5 Å². The molecular weight excluding hydrogens is 457 g/mol. The lowest BCUT2D eigenvalue weighted by molar-refractivity contribution is -0.138. The summed E-state index contributed by atoms with van der Waals surface area (Å²) < 4.78 is 49.5. The molecule has 0 bridgehead atoms. The van der Waals surface area contributed by atoms with Crippen LogP contribution in [0.2, 0.25) is 0 Å². The van der Waals surface area contributed by atoms with Crippen LogP contribution in [0.3, 0.4) is 0 Å². The van der Waals surface area contributed by atoms with E-state index in [9.17, 15) is 18.0 Å². The third-order valence-corrected chi connectivity index (χ3v) is 6.74. The lowest BCUT2D eigenvalue weighted by Gasteiger charge is -2.26. The van der Waals surface area contributed by atoms with Gasteiger partial charge < -0.3 is 9.64 Å². The molecule has 3 aromatic rings. The lowest BCUT2D eigenvalue weighted by Crippen LogP contribution is -2.37. The van der Waals surface area contributed by atoms with E-state index >= 15 is 0 Å². The van der Waals surface area contributed by atoms with Crippen LogP contribution >= 0.6 is 0 Å².